The second-order valence-electron chi connectivity index (χ2n) is 5.26. The summed E-state index contributed by atoms with van der Waals surface area (Å²) < 4.78 is 0. The Bertz CT molecular complexity index is 730. The van der Waals surface area contributed by atoms with Crippen LogP contribution in [0.5, 0.6) is 0 Å². The zero-order chi connectivity index (χ0) is 14.1. The summed E-state index contributed by atoms with van der Waals surface area (Å²) in [7, 11) is 4.19. The molecule has 0 saturated carbocycles. The second kappa shape index (κ2) is 5.06. The Balaban J connectivity index is 2.03. The molecular formula is C16H18N4. The highest BCUT2D eigenvalue weighted by Gasteiger charge is 2.09. The molecule has 0 aliphatic heterocycles. The predicted octanol–water partition coefficient (Wildman–Crippen LogP) is 3.25. The molecule has 102 valence electrons. The van der Waals surface area contributed by atoms with E-state index in [-0.39, 0.29) is 0 Å². The minimum absolute atomic E-state index is 0.388. The van der Waals surface area contributed by atoms with Gasteiger partial charge in [-0.2, -0.15) is 0 Å². The van der Waals surface area contributed by atoms with Crippen LogP contribution in [0.4, 0.5) is 0 Å². The van der Waals surface area contributed by atoms with Gasteiger partial charge in [-0.15, -0.1) is 0 Å². The molecule has 4 heteroatoms. The summed E-state index contributed by atoms with van der Waals surface area (Å²) >= 11 is 0. The van der Waals surface area contributed by atoms with Crippen molar-refractivity contribution in [3.8, 4) is 11.1 Å². The van der Waals surface area contributed by atoms with Crippen LogP contribution in [0, 0.1) is 0 Å². The second-order valence-corrected chi connectivity index (χ2v) is 5.26. The minimum atomic E-state index is 0.388. The lowest BCUT2D eigenvalue weighted by Crippen LogP contribution is -2.16. The molecule has 0 unspecified atom stereocenters. The SMILES string of the molecule is C[C@@H](c1cccc(-c2cnc3nc[nH]c3c2)c1)N(C)C. The van der Waals surface area contributed by atoms with Crippen LogP contribution in [-0.2, 0) is 0 Å². The van der Waals surface area contributed by atoms with Crippen LogP contribution in [0.15, 0.2) is 42.9 Å². The monoisotopic (exact) mass is 266 g/mol. The molecule has 0 amide bonds. The van der Waals surface area contributed by atoms with E-state index in [1.807, 2.05) is 6.20 Å². The highest BCUT2D eigenvalue weighted by molar-refractivity contribution is 5.77. The largest absolute Gasteiger partial charge is 0.343 e. The van der Waals surface area contributed by atoms with Crippen molar-refractivity contribution in [3.63, 3.8) is 0 Å². The van der Waals surface area contributed by atoms with E-state index in [2.05, 4.69) is 71.2 Å². The van der Waals surface area contributed by atoms with Gasteiger partial charge in [-0.3, -0.25) is 0 Å². The van der Waals surface area contributed by atoms with Crippen molar-refractivity contribution in [1.29, 1.82) is 0 Å². The van der Waals surface area contributed by atoms with Crippen LogP contribution in [0.3, 0.4) is 0 Å². The molecule has 3 rings (SSSR count). The van der Waals surface area contributed by atoms with E-state index in [1.165, 1.54) is 11.1 Å². The number of benzene rings is 1. The van der Waals surface area contributed by atoms with Crippen molar-refractivity contribution in [1.82, 2.24) is 19.9 Å². The number of fused-ring (bicyclic) bond motifs is 1. The van der Waals surface area contributed by atoms with Crippen molar-refractivity contribution in [2.75, 3.05) is 14.1 Å². The Morgan fingerprint density at radius 3 is 2.75 bits per heavy atom. The number of hydrogen-bond acceptors (Lipinski definition) is 3. The number of nitrogens with zero attached hydrogens (tertiary/aromatic N) is 3. The van der Waals surface area contributed by atoms with Gasteiger partial charge in [-0.1, -0.05) is 18.2 Å². The average Bonchev–Trinajstić information content (AvgIpc) is 2.93. The summed E-state index contributed by atoms with van der Waals surface area (Å²) in [6.45, 7) is 2.20. The van der Waals surface area contributed by atoms with Gasteiger partial charge >= 0.3 is 0 Å². The molecular weight excluding hydrogens is 248 g/mol. The van der Waals surface area contributed by atoms with Crippen molar-refractivity contribution >= 4 is 11.2 Å². The van der Waals surface area contributed by atoms with Crippen molar-refractivity contribution in [2.45, 2.75) is 13.0 Å². The molecule has 3 aromatic rings. The highest BCUT2D eigenvalue weighted by atomic mass is 15.1. The maximum atomic E-state index is 4.37. The van der Waals surface area contributed by atoms with E-state index in [9.17, 15) is 0 Å². The summed E-state index contributed by atoms with van der Waals surface area (Å²) in [5, 5.41) is 0. The van der Waals surface area contributed by atoms with Crippen LogP contribution in [-0.4, -0.2) is 33.9 Å². The minimum Gasteiger partial charge on any atom is -0.343 e. The van der Waals surface area contributed by atoms with Crippen LogP contribution >= 0.6 is 0 Å². The van der Waals surface area contributed by atoms with Gasteiger partial charge in [-0.25, -0.2) is 9.97 Å². The first kappa shape index (κ1) is 12.8. The normalized spacial score (nSPS) is 13.0. The first-order chi connectivity index (χ1) is 9.65. The predicted molar refractivity (Wildman–Crippen MR) is 81.4 cm³/mol. The van der Waals surface area contributed by atoms with Gasteiger partial charge in [-0.05, 0) is 44.3 Å². The highest BCUT2D eigenvalue weighted by Crippen LogP contribution is 2.25. The zero-order valence-electron chi connectivity index (χ0n) is 12.0. The van der Waals surface area contributed by atoms with Gasteiger partial charge in [0.1, 0.15) is 0 Å². The average molecular weight is 266 g/mol. The molecule has 0 aliphatic carbocycles. The molecule has 0 fully saturated rings. The number of H-pyrrole nitrogens is 1. The summed E-state index contributed by atoms with van der Waals surface area (Å²) in [4.78, 5) is 13.8. The van der Waals surface area contributed by atoms with Crippen LogP contribution in [0.25, 0.3) is 22.3 Å². The van der Waals surface area contributed by atoms with Gasteiger partial charge in [0.05, 0.1) is 11.8 Å². The Labute approximate surface area is 118 Å². The maximum Gasteiger partial charge on any atom is 0.177 e. The summed E-state index contributed by atoms with van der Waals surface area (Å²) in [5.74, 6) is 0. The fourth-order valence-electron chi connectivity index (χ4n) is 2.26. The van der Waals surface area contributed by atoms with E-state index in [0.29, 0.717) is 6.04 Å². The number of pyridine rings is 1. The lowest BCUT2D eigenvalue weighted by atomic mass is 10.0. The van der Waals surface area contributed by atoms with Gasteiger partial charge in [0, 0.05) is 17.8 Å². The third-order valence-corrected chi connectivity index (χ3v) is 3.75. The van der Waals surface area contributed by atoms with Crippen LogP contribution < -0.4 is 0 Å². The standard InChI is InChI=1S/C16H18N4/c1-11(20(2)3)12-5-4-6-13(7-12)14-8-15-16(17-9-14)19-10-18-15/h4-11H,1-3H3,(H,17,18,19)/t11-/m0/s1. The molecule has 2 heterocycles. The third-order valence-electron chi connectivity index (χ3n) is 3.75. The number of imidazole rings is 1. The van der Waals surface area contributed by atoms with E-state index in [0.717, 1.165) is 16.7 Å². The fourth-order valence-corrected chi connectivity index (χ4v) is 2.26. The summed E-state index contributed by atoms with van der Waals surface area (Å²) in [6, 6.07) is 11.1. The molecule has 4 nitrogen and oxygen atoms in total. The molecule has 0 spiro atoms. The van der Waals surface area contributed by atoms with Crippen molar-refractivity contribution < 1.29 is 0 Å². The smallest absolute Gasteiger partial charge is 0.177 e. The molecule has 1 aromatic carbocycles. The Hall–Kier alpha value is -2.20. The van der Waals surface area contributed by atoms with E-state index in [4.69, 9.17) is 0 Å². The lowest BCUT2D eigenvalue weighted by molar-refractivity contribution is 0.321. The van der Waals surface area contributed by atoms with E-state index < -0.39 is 0 Å². The van der Waals surface area contributed by atoms with Gasteiger partial charge in [0.15, 0.2) is 5.65 Å². The van der Waals surface area contributed by atoms with Crippen molar-refractivity contribution in [3.05, 3.63) is 48.4 Å². The Morgan fingerprint density at radius 1 is 1.10 bits per heavy atom. The molecule has 2 aromatic heterocycles. The lowest BCUT2D eigenvalue weighted by Gasteiger charge is -2.20. The van der Waals surface area contributed by atoms with Crippen LogP contribution in [0.2, 0.25) is 0 Å². The fraction of sp³-hybridized carbons (Fsp3) is 0.250. The topological polar surface area (TPSA) is 44.8 Å². The molecule has 0 bridgehead atoms. The Morgan fingerprint density at radius 2 is 1.95 bits per heavy atom. The van der Waals surface area contributed by atoms with Crippen LogP contribution in [0.1, 0.15) is 18.5 Å². The number of rotatable bonds is 3. The van der Waals surface area contributed by atoms with E-state index >= 15 is 0 Å². The third kappa shape index (κ3) is 2.30. The molecule has 1 atom stereocenters. The summed E-state index contributed by atoms with van der Waals surface area (Å²) in [6.07, 6.45) is 3.55. The zero-order valence-corrected chi connectivity index (χ0v) is 12.0. The van der Waals surface area contributed by atoms with Gasteiger partial charge < -0.3 is 9.88 Å². The number of aromatic amines is 1. The first-order valence-electron chi connectivity index (χ1n) is 6.71. The maximum absolute atomic E-state index is 4.37. The Kier molecular flexibility index (Phi) is 3.24. The van der Waals surface area contributed by atoms with E-state index in [1.54, 1.807) is 6.33 Å². The first-order valence-corrected chi connectivity index (χ1v) is 6.71. The summed E-state index contributed by atoms with van der Waals surface area (Å²) in [5.41, 5.74) is 5.31. The van der Waals surface area contributed by atoms with Gasteiger partial charge in [0.2, 0.25) is 0 Å². The number of nitrogens with one attached hydrogen (secondary N) is 1. The number of hydrogen-bond donors (Lipinski definition) is 1. The molecule has 0 radical (unpaired) electrons. The number of aromatic nitrogens is 3. The molecule has 20 heavy (non-hydrogen) atoms. The van der Waals surface area contributed by atoms with Crippen molar-refractivity contribution in [2.24, 2.45) is 0 Å². The quantitative estimate of drug-likeness (QED) is 0.791. The molecule has 1 N–H and O–H groups in total. The molecule has 0 saturated heterocycles. The van der Waals surface area contributed by atoms with Gasteiger partial charge in [0.25, 0.3) is 0 Å². The molecule has 0 aliphatic rings.